The number of likely N-dealkylation sites (tertiary alicyclic amines) is 1. The zero-order valence-electron chi connectivity index (χ0n) is 15.6. The minimum absolute atomic E-state index is 0.0732. The van der Waals surface area contributed by atoms with E-state index in [1.165, 1.54) is 24.3 Å². The molecule has 0 spiro atoms. The van der Waals surface area contributed by atoms with Crippen molar-refractivity contribution in [1.29, 1.82) is 0 Å². The van der Waals surface area contributed by atoms with Gasteiger partial charge >= 0.3 is 0 Å². The summed E-state index contributed by atoms with van der Waals surface area (Å²) < 4.78 is 0. The van der Waals surface area contributed by atoms with Crippen LogP contribution in [0.1, 0.15) is 20.3 Å². The topological polar surface area (TPSA) is 110 Å². The summed E-state index contributed by atoms with van der Waals surface area (Å²) in [6.45, 7) is 3.55. The Hall–Kier alpha value is -3.03. The molecule has 1 aliphatic heterocycles. The number of non-ortho nitro benzene ring substituents is 1. The molecule has 8 heteroatoms. The largest absolute Gasteiger partial charge is 0.324 e. The molecular formula is C20H21N3O5. The predicted molar refractivity (Wildman–Crippen MR) is 99.9 cm³/mol. The standard InChI is InChI=1S/C20H21N3O5/c1-10(2)17(18(24)21-13-4-3-5-14(9-13)23(27)28)22-19(25)15-11-6-7-12(8-11)16(15)20(22)26/h3-7,9-12,15-17H,8H2,1-2H3,(H,21,24)/t11-,12+,15-,16+,17-/m0/s1. The molecule has 1 aromatic carbocycles. The number of allylic oxidation sites excluding steroid dienone is 2. The summed E-state index contributed by atoms with van der Waals surface area (Å²) in [6, 6.07) is 4.63. The quantitative estimate of drug-likeness (QED) is 0.363. The molecular weight excluding hydrogens is 362 g/mol. The Morgan fingerprint density at radius 2 is 1.79 bits per heavy atom. The van der Waals surface area contributed by atoms with Gasteiger partial charge in [0.05, 0.1) is 16.8 Å². The van der Waals surface area contributed by atoms with Crippen LogP contribution in [-0.4, -0.2) is 33.6 Å². The average Bonchev–Trinajstić information content (AvgIpc) is 3.31. The molecule has 8 nitrogen and oxygen atoms in total. The molecule has 146 valence electrons. The van der Waals surface area contributed by atoms with Crippen LogP contribution in [0.3, 0.4) is 0 Å². The third-order valence-corrected chi connectivity index (χ3v) is 6.01. The van der Waals surface area contributed by atoms with Crippen molar-refractivity contribution in [2.75, 3.05) is 5.32 Å². The number of nitro groups is 1. The van der Waals surface area contributed by atoms with Crippen LogP contribution >= 0.6 is 0 Å². The molecule has 1 saturated carbocycles. The fourth-order valence-corrected chi connectivity index (χ4v) is 4.83. The number of carbonyl (C=O) groups is 3. The fourth-order valence-electron chi connectivity index (χ4n) is 4.83. The first-order valence-electron chi connectivity index (χ1n) is 9.40. The molecule has 1 N–H and O–H groups in total. The molecule has 2 aliphatic carbocycles. The van der Waals surface area contributed by atoms with Crippen molar-refractivity contribution in [2.45, 2.75) is 26.3 Å². The molecule has 0 unspecified atom stereocenters. The monoisotopic (exact) mass is 383 g/mol. The number of nitrogens with zero attached hydrogens (tertiary/aromatic N) is 2. The highest BCUT2D eigenvalue weighted by molar-refractivity contribution is 6.11. The Kier molecular flexibility index (Phi) is 4.28. The maximum absolute atomic E-state index is 13.0. The van der Waals surface area contributed by atoms with Crippen LogP contribution in [0.5, 0.6) is 0 Å². The van der Waals surface area contributed by atoms with E-state index in [2.05, 4.69) is 5.32 Å². The van der Waals surface area contributed by atoms with E-state index in [9.17, 15) is 24.5 Å². The van der Waals surface area contributed by atoms with Crippen LogP contribution in [0, 0.1) is 39.7 Å². The van der Waals surface area contributed by atoms with E-state index in [0.29, 0.717) is 0 Å². The molecule has 1 heterocycles. The predicted octanol–water partition coefficient (Wildman–Crippen LogP) is 2.37. The van der Waals surface area contributed by atoms with Gasteiger partial charge in [-0.25, -0.2) is 0 Å². The van der Waals surface area contributed by atoms with Gasteiger partial charge < -0.3 is 5.32 Å². The summed E-state index contributed by atoms with van der Waals surface area (Å²) in [6.07, 6.45) is 4.84. The number of benzene rings is 1. The average molecular weight is 383 g/mol. The Morgan fingerprint density at radius 1 is 1.18 bits per heavy atom. The molecule has 1 aromatic rings. The lowest BCUT2D eigenvalue weighted by atomic mass is 9.85. The lowest BCUT2D eigenvalue weighted by Crippen LogP contribution is -2.51. The molecule has 3 aliphatic rings. The third kappa shape index (κ3) is 2.71. The highest BCUT2D eigenvalue weighted by atomic mass is 16.6. The van der Waals surface area contributed by atoms with Gasteiger partial charge in [-0.1, -0.05) is 32.1 Å². The highest BCUT2D eigenvalue weighted by Crippen LogP contribution is 2.53. The van der Waals surface area contributed by atoms with Crippen LogP contribution < -0.4 is 5.32 Å². The van der Waals surface area contributed by atoms with Crippen molar-refractivity contribution < 1.29 is 19.3 Å². The zero-order chi connectivity index (χ0) is 20.2. The van der Waals surface area contributed by atoms with Crippen LogP contribution in [0.2, 0.25) is 0 Å². The van der Waals surface area contributed by atoms with Crippen LogP contribution in [0.15, 0.2) is 36.4 Å². The smallest absolute Gasteiger partial charge is 0.271 e. The van der Waals surface area contributed by atoms with Crippen molar-refractivity contribution in [3.8, 4) is 0 Å². The summed E-state index contributed by atoms with van der Waals surface area (Å²) in [4.78, 5) is 50.6. The summed E-state index contributed by atoms with van der Waals surface area (Å²) >= 11 is 0. The fraction of sp³-hybridized carbons (Fsp3) is 0.450. The number of nitrogens with one attached hydrogen (secondary N) is 1. The number of anilines is 1. The Bertz CT molecular complexity index is 879. The second kappa shape index (κ2) is 6.54. The first kappa shape index (κ1) is 18.3. The van der Waals surface area contributed by atoms with Gasteiger partial charge in [-0.05, 0) is 30.2 Å². The Morgan fingerprint density at radius 3 is 2.32 bits per heavy atom. The van der Waals surface area contributed by atoms with E-state index in [-0.39, 0.29) is 52.8 Å². The maximum Gasteiger partial charge on any atom is 0.271 e. The van der Waals surface area contributed by atoms with E-state index in [0.717, 1.165) is 11.3 Å². The normalized spacial score (nSPS) is 28.8. The maximum atomic E-state index is 13.0. The Balaban J connectivity index is 1.59. The second-order valence-electron chi connectivity index (χ2n) is 8.03. The second-order valence-corrected chi connectivity index (χ2v) is 8.03. The molecule has 0 aromatic heterocycles. The van der Waals surface area contributed by atoms with Crippen LogP contribution in [0.25, 0.3) is 0 Å². The van der Waals surface area contributed by atoms with Gasteiger partial charge in [-0.2, -0.15) is 0 Å². The summed E-state index contributed by atoms with van der Waals surface area (Å²) in [7, 11) is 0. The van der Waals surface area contributed by atoms with Crippen molar-refractivity contribution in [3.63, 3.8) is 0 Å². The van der Waals surface area contributed by atoms with E-state index in [1.54, 1.807) is 13.8 Å². The van der Waals surface area contributed by atoms with Crippen LogP contribution in [-0.2, 0) is 14.4 Å². The number of hydrogen-bond donors (Lipinski definition) is 1. The molecule has 5 atom stereocenters. The zero-order valence-corrected chi connectivity index (χ0v) is 15.6. The van der Waals surface area contributed by atoms with Gasteiger partial charge in [0.15, 0.2) is 0 Å². The molecule has 28 heavy (non-hydrogen) atoms. The van der Waals surface area contributed by atoms with Gasteiger partial charge in [0, 0.05) is 17.8 Å². The van der Waals surface area contributed by atoms with E-state index in [1.807, 2.05) is 12.2 Å². The number of rotatable bonds is 5. The summed E-state index contributed by atoms with van der Waals surface area (Å²) in [5.74, 6) is -1.95. The van der Waals surface area contributed by atoms with Crippen molar-refractivity contribution >= 4 is 29.1 Å². The number of amides is 3. The van der Waals surface area contributed by atoms with Gasteiger partial charge in [0.1, 0.15) is 6.04 Å². The molecule has 0 radical (unpaired) electrons. The van der Waals surface area contributed by atoms with E-state index < -0.39 is 16.9 Å². The minimum Gasteiger partial charge on any atom is -0.324 e. The Labute approximate surface area is 161 Å². The molecule has 3 amide bonds. The van der Waals surface area contributed by atoms with Crippen molar-refractivity contribution in [3.05, 3.63) is 46.5 Å². The van der Waals surface area contributed by atoms with Gasteiger partial charge in [0.2, 0.25) is 17.7 Å². The van der Waals surface area contributed by atoms with E-state index >= 15 is 0 Å². The first-order valence-corrected chi connectivity index (χ1v) is 9.40. The summed E-state index contributed by atoms with van der Waals surface area (Å²) in [5, 5.41) is 13.6. The first-order chi connectivity index (χ1) is 13.3. The summed E-state index contributed by atoms with van der Waals surface area (Å²) in [5.41, 5.74) is 0.107. The molecule has 1 saturated heterocycles. The van der Waals surface area contributed by atoms with E-state index in [4.69, 9.17) is 0 Å². The number of imide groups is 1. The lowest BCUT2D eigenvalue weighted by molar-refractivity contribution is -0.384. The highest BCUT2D eigenvalue weighted by Gasteiger charge is 2.61. The molecule has 4 rings (SSSR count). The molecule has 2 fully saturated rings. The number of nitro benzene ring substituents is 1. The number of fused-ring (bicyclic) bond motifs is 5. The SMILES string of the molecule is CC(C)[C@@H](C(=O)Nc1cccc([N+](=O)[O-])c1)N1C(=O)[C@@H]2[C@H](C1=O)[C@@H]1C=C[C@H]2C1. The van der Waals surface area contributed by atoms with Gasteiger partial charge in [-0.15, -0.1) is 0 Å². The number of hydrogen-bond acceptors (Lipinski definition) is 5. The minimum atomic E-state index is -0.954. The lowest BCUT2D eigenvalue weighted by Gasteiger charge is -2.29. The third-order valence-electron chi connectivity index (χ3n) is 6.01. The van der Waals surface area contributed by atoms with Crippen LogP contribution in [0.4, 0.5) is 11.4 Å². The van der Waals surface area contributed by atoms with Gasteiger partial charge in [-0.3, -0.25) is 29.4 Å². The van der Waals surface area contributed by atoms with Crippen molar-refractivity contribution in [1.82, 2.24) is 4.90 Å². The molecule has 2 bridgehead atoms. The number of carbonyl (C=O) groups excluding carboxylic acids is 3. The van der Waals surface area contributed by atoms with Crippen molar-refractivity contribution in [2.24, 2.45) is 29.6 Å². The van der Waals surface area contributed by atoms with Gasteiger partial charge in [0.25, 0.3) is 5.69 Å².